The number of amides is 1. The van der Waals surface area contributed by atoms with Gasteiger partial charge in [-0.15, -0.1) is 0 Å². The van der Waals surface area contributed by atoms with Gasteiger partial charge in [-0.1, -0.05) is 6.07 Å². The van der Waals surface area contributed by atoms with E-state index >= 15 is 0 Å². The molecular weight excluding hydrogens is 218 g/mol. The predicted octanol–water partition coefficient (Wildman–Crippen LogP) is 1.13. The van der Waals surface area contributed by atoms with E-state index in [9.17, 15) is 9.90 Å². The van der Waals surface area contributed by atoms with Crippen LogP contribution in [0.25, 0.3) is 0 Å². The van der Waals surface area contributed by atoms with E-state index in [0.29, 0.717) is 5.75 Å². The van der Waals surface area contributed by atoms with Gasteiger partial charge in [0.15, 0.2) is 6.61 Å². The normalized spacial score (nSPS) is 17.7. The molecule has 2 rings (SSSR count). The first-order valence-corrected chi connectivity index (χ1v) is 5.72. The number of hydrogen-bond donors (Lipinski definition) is 1. The highest BCUT2D eigenvalue weighted by Gasteiger charge is 2.20. The number of ether oxygens (including phenoxy) is 1. The van der Waals surface area contributed by atoms with Gasteiger partial charge in [-0.05, 0) is 36.1 Å². The first-order chi connectivity index (χ1) is 8.08. The number of carbonyl (C=O) groups is 1. The Hall–Kier alpha value is -1.55. The second-order valence-electron chi connectivity index (χ2n) is 4.49. The maximum Gasteiger partial charge on any atom is 0.259 e. The van der Waals surface area contributed by atoms with Crippen molar-refractivity contribution < 1.29 is 14.6 Å². The Morgan fingerprint density at radius 2 is 2.29 bits per heavy atom. The zero-order valence-corrected chi connectivity index (χ0v) is 10.1. The molecule has 0 aromatic heterocycles. The van der Waals surface area contributed by atoms with Crippen LogP contribution in [0.2, 0.25) is 0 Å². The molecule has 0 saturated carbocycles. The third-order valence-electron chi connectivity index (χ3n) is 3.02. The van der Waals surface area contributed by atoms with Crippen molar-refractivity contribution in [2.75, 3.05) is 20.7 Å². The summed E-state index contributed by atoms with van der Waals surface area (Å²) in [5, 5.41) is 9.66. The molecule has 1 aliphatic carbocycles. The second kappa shape index (κ2) is 4.75. The van der Waals surface area contributed by atoms with Gasteiger partial charge in [-0.2, -0.15) is 0 Å². The Kier molecular flexibility index (Phi) is 3.33. The highest BCUT2D eigenvalue weighted by Crippen LogP contribution is 2.33. The molecule has 0 spiro atoms. The van der Waals surface area contributed by atoms with E-state index in [4.69, 9.17) is 4.74 Å². The third-order valence-corrected chi connectivity index (χ3v) is 3.02. The molecule has 17 heavy (non-hydrogen) atoms. The van der Waals surface area contributed by atoms with Crippen molar-refractivity contribution in [2.45, 2.75) is 18.9 Å². The van der Waals surface area contributed by atoms with Crippen molar-refractivity contribution in [3.63, 3.8) is 0 Å². The molecule has 0 fully saturated rings. The summed E-state index contributed by atoms with van der Waals surface area (Å²) in [6, 6.07) is 5.59. The van der Waals surface area contributed by atoms with E-state index < -0.39 is 0 Å². The molecule has 1 aromatic carbocycles. The number of nitrogens with zero attached hydrogens (tertiary/aromatic N) is 1. The van der Waals surface area contributed by atoms with Gasteiger partial charge in [0.1, 0.15) is 5.75 Å². The van der Waals surface area contributed by atoms with Gasteiger partial charge in [0.2, 0.25) is 0 Å². The van der Waals surface area contributed by atoms with Gasteiger partial charge in [-0.25, -0.2) is 0 Å². The standard InChI is InChI=1S/C13H17NO3/c1-14(2)13(16)8-17-10-4-5-11-9(7-10)3-6-12(11)15/h4-5,7,12,15H,3,6,8H2,1-2H3. The predicted molar refractivity (Wildman–Crippen MR) is 63.9 cm³/mol. The average molecular weight is 235 g/mol. The molecule has 4 heteroatoms. The number of carbonyl (C=O) groups excluding carboxylic acids is 1. The van der Waals surface area contributed by atoms with Gasteiger partial charge in [0.05, 0.1) is 6.10 Å². The average Bonchev–Trinajstić information content (AvgIpc) is 2.67. The van der Waals surface area contributed by atoms with Crippen LogP contribution in [0, 0.1) is 0 Å². The fourth-order valence-electron chi connectivity index (χ4n) is 1.94. The van der Waals surface area contributed by atoms with Gasteiger partial charge in [0.25, 0.3) is 5.91 Å². The van der Waals surface area contributed by atoms with Crippen LogP contribution in [0.1, 0.15) is 23.7 Å². The number of aliphatic hydroxyl groups excluding tert-OH is 1. The van der Waals surface area contributed by atoms with Crippen molar-refractivity contribution in [3.8, 4) is 5.75 Å². The van der Waals surface area contributed by atoms with Crippen LogP contribution in [-0.4, -0.2) is 36.6 Å². The molecular formula is C13H17NO3. The van der Waals surface area contributed by atoms with E-state index in [1.165, 1.54) is 4.90 Å². The first kappa shape index (κ1) is 11.9. The topological polar surface area (TPSA) is 49.8 Å². The van der Waals surface area contributed by atoms with Gasteiger partial charge >= 0.3 is 0 Å². The molecule has 0 bridgehead atoms. The van der Waals surface area contributed by atoms with E-state index in [2.05, 4.69) is 0 Å². The summed E-state index contributed by atoms with van der Waals surface area (Å²) in [7, 11) is 3.40. The number of likely N-dealkylation sites (N-methyl/N-ethyl adjacent to an activating group) is 1. The van der Waals surface area contributed by atoms with Crippen molar-refractivity contribution >= 4 is 5.91 Å². The quantitative estimate of drug-likeness (QED) is 0.854. The van der Waals surface area contributed by atoms with E-state index in [1.54, 1.807) is 20.2 Å². The smallest absolute Gasteiger partial charge is 0.259 e. The fraction of sp³-hybridized carbons (Fsp3) is 0.462. The second-order valence-corrected chi connectivity index (χ2v) is 4.49. The van der Waals surface area contributed by atoms with Crippen LogP contribution in [-0.2, 0) is 11.2 Å². The summed E-state index contributed by atoms with van der Waals surface area (Å²) in [5.41, 5.74) is 2.10. The summed E-state index contributed by atoms with van der Waals surface area (Å²) in [4.78, 5) is 12.9. The summed E-state index contributed by atoms with van der Waals surface area (Å²) >= 11 is 0. The van der Waals surface area contributed by atoms with E-state index in [-0.39, 0.29) is 18.6 Å². The summed E-state index contributed by atoms with van der Waals surface area (Å²) in [6.45, 7) is 0.0499. The molecule has 1 aromatic rings. The summed E-state index contributed by atoms with van der Waals surface area (Å²) in [6.07, 6.45) is 1.30. The van der Waals surface area contributed by atoms with E-state index in [1.807, 2.05) is 12.1 Å². The molecule has 0 saturated heterocycles. The zero-order chi connectivity index (χ0) is 12.4. The molecule has 1 amide bonds. The third kappa shape index (κ3) is 2.58. The minimum atomic E-state index is -0.345. The number of hydrogen-bond acceptors (Lipinski definition) is 3. The van der Waals surface area contributed by atoms with Crippen LogP contribution in [0.3, 0.4) is 0 Å². The highest BCUT2D eigenvalue weighted by molar-refractivity contribution is 5.77. The molecule has 4 nitrogen and oxygen atoms in total. The van der Waals surface area contributed by atoms with E-state index in [0.717, 1.165) is 24.0 Å². The molecule has 1 atom stereocenters. The highest BCUT2D eigenvalue weighted by atomic mass is 16.5. The fourth-order valence-corrected chi connectivity index (χ4v) is 1.94. The van der Waals surface area contributed by atoms with Gasteiger partial charge < -0.3 is 14.7 Å². The zero-order valence-electron chi connectivity index (χ0n) is 10.1. The molecule has 0 radical (unpaired) electrons. The molecule has 1 unspecified atom stereocenters. The Morgan fingerprint density at radius 3 is 3.00 bits per heavy atom. The molecule has 1 aliphatic rings. The molecule has 0 aliphatic heterocycles. The van der Waals surface area contributed by atoms with Gasteiger partial charge in [-0.3, -0.25) is 4.79 Å². The monoisotopic (exact) mass is 235 g/mol. The Balaban J connectivity index is 2.02. The number of rotatable bonds is 3. The summed E-state index contributed by atoms with van der Waals surface area (Å²) < 4.78 is 5.42. The van der Waals surface area contributed by atoms with Crippen molar-refractivity contribution in [1.82, 2.24) is 4.90 Å². The molecule has 92 valence electrons. The minimum Gasteiger partial charge on any atom is -0.484 e. The largest absolute Gasteiger partial charge is 0.484 e. The summed E-state index contributed by atoms with van der Waals surface area (Å²) in [5.74, 6) is 0.624. The minimum absolute atomic E-state index is 0.0499. The lowest BCUT2D eigenvalue weighted by Crippen LogP contribution is -2.27. The van der Waals surface area contributed by atoms with Gasteiger partial charge in [0, 0.05) is 14.1 Å². The number of aliphatic hydroxyl groups is 1. The number of fused-ring (bicyclic) bond motifs is 1. The van der Waals surface area contributed by atoms with Crippen LogP contribution < -0.4 is 4.74 Å². The maximum absolute atomic E-state index is 11.4. The number of aryl methyl sites for hydroxylation is 1. The van der Waals surface area contributed by atoms with Crippen molar-refractivity contribution in [1.29, 1.82) is 0 Å². The lowest BCUT2D eigenvalue weighted by molar-refractivity contribution is -0.130. The molecule has 1 N–H and O–H groups in total. The number of benzene rings is 1. The van der Waals surface area contributed by atoms with Crippen LogP contribution >= 0.6 is 0 Å². The van der Waals surface area contributed by atoms with Crippen LogP contribution in [0.15, 0.2) is 18.2 Å². The first-order valence-electron chi connectivity index (χ1n) is 5.72. The van der Waals surface area contributed by atoms with Crippen molar-refractivity contribution in [2.24, 2.45) is 0 Å². The Bertz CT molecular complexity index is 429. The van der Waals surface area contributed by atoms with Crippen molar-refractivity contribution in [3.05, 3.63) is 29.3 Å². The maximum atomic E-state index is 11.4. The SMILES string of the molecule is CN(C)C(=O)COc1ccc2c(c1)CCC2O. The lowest BCUT2D eigenvalue weighted by atomic mass is 10.1. The lowest BCUT2D eigenvalue weighted by Gasteiger charge is -2.12. The Labute approximate surface area is 101 Å². The molecule has 0 heterocycles. The van der Waals surface area contributed by atoms with Crippen LogP contribution in [0.4, 0.5) is 0 Å². The Morgan fingerprint density at radius 1 is 1.53 bits per heavy atom. The van der Waals surface area contributed by atoms with Crippen LogP contribution in [0.5, 0.6) is 5.75 Å².